The van der Waals surface area contributed by atoms with Crippen molar-refractivity contribution < 1.29 is 9.21 Å². The summed E-state index contributed by atoms with van der Waals surface area (Å²) >= 11 is 0. The summed E-state index contributed by atoms with van der Waals surface area (Å²) < 4.78 is 5.17. The summed E-state index contributed by atoms with van der Waals surface area (Å²) in [6.45, 7) is 4.99. The van der Waals surface area contributed by atoms with Crippen molar-refractivity contribution in [2.45, 2.75) is 33.2 Å². The molecule has 7 heteroatoms. The predicted molar refractivity (Wildman–Crippen MR) is 72.6 cm³/mol. The van der Waals surface area contributed by atoms with Gasteiger partial charge in [0.15, 0.2) is 5.76 Å². The topological polar surface area (TPSA) is 85.8 Å². The number of nitrogens with one attached hydrogen (secondary N) is 1. The van der Waals surface area contributed by atoms with E-state index >= 15 is 0 Å². The summed E-state index contributed by atoms with van der Waals surface area (Å²) in [4.78, 5) is 13.0. The first-order valence-electron chi connectivity index (χ1n) is 6.81. The van der Waals surface area contributed by atoms with Crippen LogP contribution in [0.25, 0.3) is 11.6 Å². The highest BCUT2D eigenvalue weighted by molar-refractivity contribution is 5.75. The molecule has 0 atom stereocenters. The first-order valence-corrected chi connectivity index (χ1v) is 6.81. The molecule has 0 radical (unpaired) electrons. The predicted octanol–water partition coefficient (Wildman–Crippen LogP) is 1.49. The third-order valence-corrected chi connectivity index (χ3v) is 3.22. The number of furan rings is 1. The molecule has 0 aliphatic heterocycles. The Morgan fingerprint density at radius 1 is 1.45 bits per heavy atom. The van der Waals surface area contributed by atoms with Crippen molar-refractivity contribution in [1.82, 2.24) is 25.5 Å². The second-order valence-electron chi connectivity index (χ2n) is 4.61. The molecule has 0 aliphatic rings. The Balaban J connectivity index is 1.86. The molecule has 108 valence electrons. The van der Waals surface area contributed by atoms with Crippen LogP contribution in [0.3, 0.4) is 0 Å². The maximum absolute atomic E-state index is 11.8. The van der Waals surface area contributed by atoms with Crippen LogP contribution in [0.5, 0.6) is 0 Å². The molecule has 0 fully saturated rings. The van der Waals surface area contributed by atoms with Gasteiger partial charge in [-0.1, -0.05) is 26.7 Å². The second-order valence-corrected chi connectivity index (χ2v) is 4.61. The average molecular weight is 277 g/mol. The highest BCUT2D eigenvalue weighted by Gasteiger charge is 2.11. The highest BCUT2D eigenvalue weighted by Crippen LogP contribution is 2.12. The number of hydrogen-bond donors (Lipinski definition) is 1. The number of aromatic nitrogens is 4. The number of carbonyl (C=O) groups excluding carboxylic acids is 1. The van der Waals surface area contributed by atoms with Crippen molar-refractivity contribution in [3.8, 4) is 11.6 Å². The van der Waals surface area contributed by atoms with Crippen LogP contribution in [0.2, 0.25) is 0 Å². The molecule has 2 aromatic rings. The fraction of sp³-hybridized carbons (Fsp3) is 0.538. The van der Waals surface area contributed by atoms with E-state index in [-0.39, 0.29) is 12.5 Å². The van der Waals surface area contributed by atoms with E-state index in [1.807, 2.05) is 0 Å². The molecule has 1 amide bonds. The third kappa shape index (κ3) is 3.66. The van der Waals surface area contributed by atoms with E-state index in [4.69, 9.17) is 4.42 Å². The lowest BCUT2D eigenvalue weighted by molar-refractivity contribution is -0.122. The van der Waals surface area contributed by atoms with Gasteiger partial charge in [0.05, 0.1) is 6.26 Å². The van der Waals surface area contributed by atoms with Gasteiger partial charge in [-0.05, 0) is 23.3 Å². The molecular weight excluding hydrogens is 258 g/mol. The minimum atomic E-state index is -0.111. The van der Waals surface area contributed by atoms with Gasteiger partial charge in [0, 0.05) is 6.54 Å². The zero-order chi connectivity index (χ0) is 14.4. The molecule has 2 heterocycles. The van der Waals surface area contributed by atoms with Crippen LogP contribution in [0, 0.1) is 5.92 Å². The molecule has 7 nitrogen and oxygen atoms in total. The lowest BCUT2D eigenvalue weighted by atomic mass is 10.0. The zero-order valence-corrected chi connectivity index (χ0v) is 11.7. The van der Waals surface area contributed by atoms with Crippen LogP contribution in [-0.2, 0) is 11.3 Å². The van der Waals surface area contributed by atoms with Gasteiger partial charge in [0.1, 0.15) is 6.54 Å². The molecular formula is C13H19N5O2. The van der Waals surface area contributed by atoms with Crippen LogP contribution in [0.1, 0.15) is 26.7 Å². The maximum Gasteiger partial charge on any atom is 0.243 e. The Bertz CT molecular complexity index is 531. The number of rotatable bonds is 7. The molecule has 20 heavy (non-hydrogen) atoms. The average Bonchev–Trinajstić information content (AvgIpc) is 3.10. The minimum absolute atomic E-state index is 0.0634. The maximum atomic E-state index is 11.8. The molecule has 0 aliphatic carbocycles. The molecule has 2 aromatic heterocycles. The largest absolute Gasteiger partial charge is 0.461 e. The SMILES string of the molecule is CCC(CC)CNC(=O)Cn1nnc(-c2ccco2)n1. The summed E-state index contributed by atoms with van der Waals surface area (Å²) in [5, 5.41) is 14.7. The fourth-order valence-electron chi connectivity index (χ4n) is 1.83. The van der Waals surface area contributed by atoms with Crippen molar-refractivity contribution in [3.05, 3.63) is 18.4 Å². The first-order chi connectivity index (χ1) is 9.72. The van der Waals surface area contributed by atoms with Crippen molar-refractivity contribution in [1.29, 1.82) is 0 Å². The molecule has 0 bridgehead atoms. The number of amides is 1. The lowest BCUT2D eigenvalue weighted by Gasteiger charge is -2.12. The first kappa shape index (κ1) is 14.2. The molecule has 0 spiro atoms. The van der Waals surface area contributed by atoms with E-state index in [1.54, 1.807) is 18.4 Å². The Morgan fingerprint density at radius 2 is 2.25 bits per heavy atom. The summed E-state index contributed by atoms with van der Waals surface area (Å²) in [5.41, 5.74) is 0. The Hall–Kier alpha value is -2.18. The van der Waals surface area contributed by atoms with E-state index in [0.717, 1.165) is 12.8 Å². The molecule has 0 unspecified atom stereocenters. The molecule has 1 N–H and O–H groups in total. The van der Waals surface area contributed by atoms with E-state index in [9.17, 15) is 4.79 Å². The minimum Gasteiger partial charge on any atom is -0.461 e. The molecule has 2 rings (SSSR count). The molecule has 0 saturated heterocycles. The normalized spacial score (nSPS) is 10.9. The van der Waals surface area contributed by atoms with Gasteiger partial charge in [0.25, 0.3) is 0 Å². The van der Waals surface area contributed by atoms with Gasteiger partial charge in [-0.2, -0.15) is 4.80 Å². The summed E-state index contributed by atoms with van der Waals surface area (Å²) in [5.74, 6) is 1.32. The summed E-state index contributed by atoms with van der Waals surface area (Å²) in [6.07, 6.45) is 3.65. The van der Waals surface area contributed by atoms with Gasteiger partial charge in [-0.15, -0.1) is 10.2 Å². The van der Waals surface area contributed by atoms with Crippen LogP contribution in [0.4, 0.5) is 0 Å². The van der Waals surface area contributed by atoms with Crippen molar-refractivity contribution in [2.24, 2.45) is 5.92 Å². The molecule has 0 saturated carbocycles. The van der Waals surface area contributed by atoms with Crippen LogP contribution < -0.4 is 5.32 Å². The smallest absolute Gasteiger partial charge is 0.243 e. The fourth-order valence-corrected chi connectivity index (χ4v) is 1.83. The highest BCUT2D eigenvalue weighted by atomic mass is 16.3. The monoisotopic (exact) mass is 277 g/mol. The van der Waals surface area contributed by atoms with Gasteiger partial charge >= 0.3 is 0 Å². The van der Waals surface area contributed by atoms with Crippen LogP contribution in [0.15, 0.2) is 22.8 Å². The van der Waals surface area contributed by atoms with Crippen LogP contribution >= 0.6 is 0 Å². The standard InChI is InChI=1S/C13H19N5O2/c1-3-10(4-2)8-14-12(19)9-18-16-13(15-17-18)11-6-5-7-20-11/h5-7,10H,3-4,8-9H2,1-2H3,(H,14,19). The van der Waals surface area contributed by atoms with Gasteiger partial charge < -0.3 is 9.73 Å². The van der Waals surface area contributed by atoms with E-state index in [1.165, 1.54) is 4.80 Å². The number of hydrogen-bond acceptors (Lipinski definition) is 5. The summed E-state index contributed by atoms with van der Waals surface area (Å²) in [7, 11) is 0. The van der Waals surface area contributed by atoms with E-state index in [0.29, 0.717) is 24.0 Å². The van der Waals surface area contributed by atoms with Crippen molar-refractivity contribution in [3.63, 3.8) is 0 Å². The van der Waals surface area contributed by atoms with E-state index in [2.05, 4.69) is 34.6 Å². The number of tetrazole rings is 1. The number of carbonyl (C=O) groups is 1. The van der Waals surface area contributed by atoms with E-state index < -0.39 is 0 Å². The van der Waals surface area contributed by atoms with Gasteiger partial charge in [-0.25, -0.2) is 0 Å². The van der Waals surface area contributed by atoms with Crippen molar-refractivity contribution >= 4 is 5.91 Å². The zero-order valence-electron chi connectivity index (χ0n) is 11.7. The Kier molecular flexibility index (Phi) is 4.86. The van der Waals surface area contributed by atoms with Gasteiger partial charge in [0.2, 0.25) is 11.7 Å². The van der Waals surface area contributed by atoms with Crippen molar-refractivity contribution in [2.75, 3.05) is 6.54 Å². The van der Waals surface area contributed by atoms with Crippen LogP contribution in [-0.4, -0.2) is 32.7 Å². The second kappa shape index (κ2) is 6.83. The lowest BCUT2D eigenvalue weighted by Crippen LogP contribution is -2.32. The molecule has 0 aromatic carbocycles. The van der Waals surface area contributed by atoms with Gasteiger partial charge in [-0.3, -0.25) is 4.79 Å². The number of nitrogens with zero attached hydrogens (tertiary/aromatic N) is 4. The third-order valence-electron chi connectivity index (χ3n) is 3.22. The Morgan fingerprint density at radius 3 is 2.90 bits per heavy atom. The summed E-state index contributed by atoms with van der Waals surface area (Å²) in [6, 6.07) is 3.49. The quantitative estimate of drug-likeness (QED) is 0.828. The Labute approximate surface area is 117 Å².